The summed E-state index contributed by atoms with van der Waals surface area (Å²) in [4.78, 5) is 6.83. The van der Waals surface area contributed by atoms with Crippen LogP contribution >= 0.6 is 11.3 Å². The second kappa shape index (κ2) is 6.27. The number of benzene rings is 3. The zero-order chi connectivity index (χ0) is 17.1. The van der Waals surface area contributed by atoms with E-state index >= 15 is 0 Å². The summed E-state index contributed by atoms with van der Waals surface area (Å²) in [5, 5.41) is 7.60. The Morgan fingerprint density at radius 3 is 2.56 bits per heavy atom. The smallest absolute Gasteiger partial charge is 0.178 e. The van der Waals surface area contributed by atoms with Gasteiger partial charge in [-0.2, -0.15) is 29.4 Å². The van der Waals surface area contributed by atoms with E-state index in [1.165, 1.54) is 11.1 Å². The van der Waals surface area contributed by atoms with Crippen molar-refractivity contribution in [3.8, 4) is 11.1 Å². The van der Waals surface area contributed by atoms with Crippen LogP contribution < -0.4 is 9.91 Å². The van der Waals surface area contributed by atoms with E-state index in [1.807, 2.05) is 42.0 Å². The zero-order valence-electron chi connectivity index (χ0n) is 14.0. The molecule has 0 atom stereocenters. The van der Waals surface area contributed by atoms with Crippen molar-refractivity contribution in [2.75, 3.05) is 9.91 Å². The van der Waals surface area contributed by atoms with Gasteiger partial charge in [0, 0.05) is 25.7 Å². The molecular formula is C21H12IrN4S-2. The van der Waals surface area contributed by atoms with Crippen molar-refractivity contribution in [2.45, 2.75) is 0 Å². The first-order valence-corrected chi connectivity index (χ1v) is 9.18. The van der Waals surface area contributed by atoms with Crippen LogP contribution in [-0.2, 0) is 20.1 Å². The van der Waals surface area contributed by atoms with Gasteiger partial charge in [0.05, 0.1) is 10.2 Å². The van der Waals surface area contributed by atoms with E-state index < -0.39 is 0 Å². The second-order valence-corrected chi connectivity index (χ2v) is 7.20. The van der Waals surface area contributed by atoms with Crippen LogP contribution in [0.15, 0.2) is 71.8 Å². The molecule has 0 saturated heterocycles. The average molecular weight is 545 g/mol. The molecule has 0 fully saturated rings. The summed E-state index contributed by atoms with van der Waals surface area (Å²) in [6, 6.07) is 26.0. The van der Waals surface area contributed by atoms with Crippen molar-refractivity contribution in [1.29, 1.82) is 0 Å². The normalized spacial score (nSPS) is 14.3. The molecule has 3 aromatic carbocycles. The Bertz CT molecular complexity index is 1170. The summed E-state index contributed by atoms with van der Waals surface area (Å²) in [6.45, 7) is 2.00. The summed E-state index contributed by atoms with van der Waals surface area (Å²) in [5.74, 6) is 0.912. The molecule has 1 aromatic heterocycles. The van der Waals surface area contributed by atoms with Crippen molar-refractivity contribution in [3.63, 3.8) is 0 Å². The molecule has 27 heavy (non-hydrogen) atoms. The minimum absolute atomic E-state index is 0. The minimum atomic E-state index is 0. The largest absolute Gasteiger partial charge is 0.476 e. The van der Waals surface area contributed by atoms with E-state index in [0.717, 1.165) is 32.4 Å². The Hall–Kier alpha value is -2.53. The standard InChI is InChI=1S/C21H12N4S.Ir/c1-2-9-16-14(7-1)15-8-3-5-11-18(15)24-13-25(23-20(16)24)21-22-17-10-4-6-12-19(17)26-21;/h1-10,12-13H;/q-2;. The predicted octanol–water partition coefficient (Wildman–Crippen LogP) is 4.88. The molecule has 2 aliphatic heterocycles. The Balaban J connectivity index is 0.00000160. The third-order valence-electron chi connectivity index (χ3n) is 4.67. The molecule has 0 saturated carbocycles. The van der Waals surface area contributed by atoms with Gasteiger partial charge in [0.15, 0.2) is 5.13 Å². The average Bonchev–Trinajstić information content (AvgIpc) is 3.33. The van der Waals surface area contributed by atoms with Crippen molar-refractivity contribution in [1.82, 2.24) is 4.98 Å². The van der Waals surface area contributed by atoms with Crippen molar-refractivity contribution < 1.29 is 20.1 Å². The summed E-state index contributed by atoms with van der Waals surface area (Å²) >= 11 is 1.64. The molecular weight excluding hydrogens is 533 g/mol. The molecule has 6 rings (SSSR count). The summed E-state index contributed by atoms with van der Waals surface area (Å²) in [6.07, 6.45) is 0. The molecule has 2 aliphatic rings. The van der Waals surface area contributed by atoms with Crippen molar-refractivity contribution in [2.24, 2.45) is 5.10 Å². The van der Waals surface area contributed by atoms with Gasteiger partial charge in [-0.3, -0.25) is 0 Å². The Kier molecular flexibility index (Phi) is 3.86. The van der Waals surface area contributed by atoms with E-state index in [4.69, 9.17) is 10.1 Å². The molecule has 0 spiro atoms. The van der Waals surface area contributed by atoms with Gasteiger partial charge >= 0.3 is 0 Å². The van der Waals surface area contributed by atoms with E-state index in [0.29, 0.717) is 0 Å². The Morgan fingerprint density at radius 2 is 1.67 bits per heavy atom. The quantitative estimate of drug-likeness (QED) is 0.320. The van der Waals surface area contributed by atoms with Crippen LogP contribution in [-0.4, -0.2) is 10.8 Å². The van der Waals surface area contributed by atoms with Gasteiger partial charge in [-0.25, -0.2) is 4.98 Å². The van der Waals surface area contributed by atoms with Gasteiger partial charge in [-0.1, -0.05) is 59.0 Å². The fourth-order valence-corrected chi connectivity index (χ4v) is 4.38. The fourth-order valence-electron chi connectivity index (χ4n) is 3.50. The summed E-state index contributed by atoms with van der Waals surface area (Å²) in [7, 11) is 0. The molecule has 0 aliphatic carbocycles. The second-order valence-electron chi connectivity index (χ2n) is 6.20. The van der Waals surface area contributed by atoms with E-state index in [2.05, 4.69) is 47.4 Å². The maximum absolute atomic E-state index is 4.86. The van der Waals surface area contributed by atoms with Gasteiger partial charge in [-0.15, -0.1) is 12.2 Å². The van der Waals surface area contributed by atoms with Gasteiger partial charge in [0.1, 0.15) is 5.84 Å². The van der Waals surface area contributed by atoms with Crippen LogP contribution in [0.5, 0.6) is 0 Å². The van der Waals surface area contributed by atoms with Crippen molar-refractivity contribution >= 4 is 38.2 Å². The number of nitrogens with zero attached hydrogens (tertiary/aromatic N) is 4. The first-order chi connectivity index (χ1) is 12.9. The van der Waals surface area contributed by atoms with Crippen LogP contribution in [0.3, 0.4) is 0 Å². The van der Waals surface area contributed by atoms with Crippen LogP contribution in [0.25, 0.3) is 21.3 Å². The number of fused-ring (bicyclic) bond motifs is 7. The number of para-hydroxylation sites is 2. The summed E-state index contributed by atoms with van der Waals surface area (Å²) < 4.78 is 1.16. The van der Waals surface area contributed by atoms with Gasteiger partial charge in [0.25, 0.3) is 0 Å². The first kappa shape index (κ1) is 16.6. The van der Waals surface area contributed by atoms with E-state index in [1.54, 1.807) is 11.3 Å². The van der Waals surface area contributed by atoms with E-state index in [9.17, 15) is 0 Å². The molecule has 133 valence electrons. The van der Waals surface area contributed by atoms with Crippen molar-refractivity contribution in [3.05, 3.63) is 85.0 Å². The number of thiazole rings is 1. The molecule has 0 N–H and O–H groups in total. The number of hydrogen-bond donors (Lipinski definition) is 0. The number of anilines is 2. The van der Waals surface area contributed by atoms with Crippen LogP contribution in [0, 0.1) is 12.7 Å². The van der Waals surface area contributed by atoms with Crippen LogP contribution in [0.2, 0.25) is 0 Å². The minimum Gasteiger partial charge on any atom is -0.476 e. The molecule has 4 aromatic rings. The number of hydrogen-bond acceptors (Lipinski definition) is 5. The number of hydrazone groups is 1. The maximum Gasteiger partial charge on any atom is 0.178 e. The topological polar surface area (TPSA) is 31.7 Å². The van der Waals surface area contributed by atoms with Gasteiger partial charge in [0.2, 0.25) is 0 Å². The third-order valence-corrected chi connectivity index (χ3v) is 5.69. The molecule has 1 radical (unpaired) electrons. The predicted molar refractivity (Wildman–Crippen MR) is 106 cm³/mol. The molecule has 3 heterocycles. The molecule has 0 unspecified atom stereocenters. The number of rotatable bonds is 1. The Morgan fingerprint density at radius 1 is 0.889 bits per heavy atom. The maximum atomic E-state index is 4.86. The summed E-state index contributed by atoms with van der Waals surface area (Å²) in [5.41, 5.74) is 5.50. The molecule has 6 heteroatoms. The Labute approximate surface area is 174 Å². The fraction of sp³-hybridized carbons (Fsp3) is 0. The number of amidine groups is 1. The van der Waals surface area contributed by atoms with Gasteiger partial charge < -0.3 is 9.91 Å². The molecule has 4 nitrogen and oxygen atoms in total. The molecule has 0 amide bonds. The first-order valence-electron chi connectivity index (χ1n) is 8.37. The monoisotopic (exact) mass is 545 g/mol. The van der Waals surface area contributed by atoms with Gasteiger partial charge in [-0.05, 0) is 12.1 Å². The van der Waals surface area contributed by atoms with Crippen LogP contribution in [0.1, 0.15) is 5.56 Å². The zero-order valence-corrected chi connectivity index (χ0v) is 17.2. The molecule has 0 bridgehead atoms. The SMILES string of the molecule is [Ir].[c-]1cccc2c1N1[CH-]N(c3nc4ccccc4s3)N=C1c1ccccc1-2. The van der Waals surface area contributed by atoms with Crippen LogP contribution in [0.4, 0.5) is 10.8 Å². The number of aromatic nitrogens is 1. The van der Waals surface area contributed by atoms with E-state index in [-0.39, 0.29) is 20.1 Å². The third kappa shape index (κ3) is 2.45.